The van der Waals surface area contributed by atoms with E-state index < -0.39 is 0 Å². The molecule has 16 heavy (non-hydrogen) atoms. The summed E-state index contributed by atoms with van der Waals surface area (Å²) in [5.74, 6) is 0.681. The Morgan fingerprint density at radius 2 is 1.69 bits per heavy atom. The average molecular weight is 219 g/mol. The lowest BCUT2D eigenvalue weighted by atomic mass is 10.0. The molecule has 90 valence electrons. The van der Waals surface area contributed by atoms with Crippen molar-refractivity contribution in [1.29, 1.82) is 0 Å². The van der Waals surface area contributed by atoms with E-state index in [-0.39, 0.29) is 0 Å². The Hall–Kier alpha value is -0.980. The van der Waals surface area contributed by atoms with E-state index in [2.05, 4.69) is 57.3 Å². The van der Waals surface area contributed by atoms with Crippen LogP contribution in [0.3, 0.4) is 0 Å². The largest absolute Gasteiger partial charge is 0.382 e. The summed E-state index contributed by atoms with van der Waals surface area (Å²) in [4.78, 5) is 0. The van der Waals surface area contributed by atoms with Gasteiger partial charge in [0.15, 0.2) is 0 Å². The van der Waals surface area contributed by atoms with E-state index in [0.29, 0.717) is 12.0 Å². The molecule has 1 atom stereocenters. The first kappa shape index (κ1) is 13.1. The average Bonchev–Trinajstić information content (AvgIpc) is 2.28. The molecule has 1 aromatic carbocycles. The Morgan fingerprint density at radius 1 is 1.06 bits per heavy atom. The van der Waals surface area contributed by atoms with Crippen LogP contribution in [0.25, 0.3) is 0 Å². The van der Waals surface area contributed by atoms with Gasteiger partial charge in [-0.3, -0.25) is 0 Å². The smallest absolute Gasteiger partial charge is 0.0342 e. The molecule has 0 spiro atoms. The van der Waals surface area contributed by atoms with E-state index in [1.54, 1.807) is 0 Å². The zero-order chi connectivity index (χ0) is 12.0. The molecular weight excluding hydrogens is 194 g/mol. The highest BCUT2D eigenvalue weighted by atomic mass is 14.9. The highest BCUT2D eigenvalue weighted by molar-refractivity contribution is 5.45. The third kappa shape index (κ3) is 3.88. The van der Waals surface area contributed by atoms with Gasteiger partial charge in [0.25, 0.3) is 0 Å². The van der Waals surface area contributed by atoms with Crippen molar-refractivity contribution in [3.8, 4) is 0 Å². The molecule has 1 rings (SSSR count). The second-order valence-electron chi connectivity index (χ2n) is 4.85. The molecule has 0 saturated carbocycles. The van der Waals surface area contributed by atoms with Crippen LogP contribution >= 0.6 is 0 Å². The maximum absolute atomic E-state index is 3.60. The number of benzene rings is 1. The molecule has 0 aliphatic rings. The summed E-state index contributed by atoms with van der Waals surface area (Å²) in [7, 11) is 0. The maximum atomic E-state index is 3.60. The lowest BCUT2D eigenvalue weighted by Crippen LogP contribution is -2.24. The first-order valence-corrected chi connectivity index (χ1v) is 6.52. The van der Waals surface area contributed by atoms with Gasteiger partial charge in [0, 0.05) is 11.7 Å². The van der Waals surface area contributed by atoms with Crippen LogP contribution in [0, 0.1) is 5.92 Å². The molecule has 0 saturated heterocycles. The molecule has 1 unspecified atom stereocenters. The van der Waals surface area contributed by atoms with Crippen molar-refractivity contribution in [2.75, 3.05) is 5.32 Å². The van der Waals surface area contributed by atoms with Gasteiger partial charge in [-0.1, -0.05) is 46.2 Å². The van der Waals surface area contributed by atoms with Gasteiger partial charge in [0.05, 0.1) is 0 Å². The molecule has 0 fully saturated rings. The number of hydrogen-bond acceptors (Lipinski definition) is 1. The van der Waals surface area contributed by atoms with Crippen LogP contribution < -0.4 is 5.32 Å². The molecule has 1 aromatic rings. The van der Waals surface area contributed by atoms with E-state index >= 15 is 0 Å². The fourth-order valence-electron chi connectivity index (χ4n) is 2.01. The van der Waals surface area contributed by atoms with Crippen LogP contribution in [0.1, 0.15) is 46.1 Å². The van der Waals surface area contributed by atoms with Gasteiger partial charge in [0.1, 0.15) is 0 Å². The number of rotatable bonds is 6. The van der Waals surface area contributed by atoms with Gasteiger partial charge in [0.2, 0.25) is 0 Å². The lowest BCUT2D eigenvalue weighted by Gasteiger charge is -2.22. The normalized spacial score (nSPS) is 12.8. The summed E-state index contributed by atoms with van der Waals surface area (Å²) in [6, 6.07) is 9.46. The molecule has 0 aromatic heterocycles. The highest BCUT2D eigenvalue weighted by Crippen LogP contribution is 2.16. The number of nitrogens with one attached hydrogen (secondary N) is 1. The Labute approximate surface area is 100 Å². The fourth-order valence-corrected chi connectivity index (χ4v) is 2.01. The molecule has 0 radical (unpaired) electrons. The predicted molar refractivity (Wildman–Crippen MR) is 73.0 cm³/mol. The Bertz CT molecular complexity index is 287. The molecular formula is C15H25N. The number of hydrogen-bond donors (Lipinski definition) is 1. The molecule has 0 aliphatic carbocycles. The van der Waals surface area contributed by atoms with Gasteiger partial charge >= 0.3 is 0 Å². The van der Waals surface area contributed by atoms with Crippen LogP contribution in [0.5, 0.6) is 0 Å². The van der Waals surface area contributed by atoms with Crippen molar-refractivity contribution in [1.82, 2.24) is 0 Å². The van der Waals surface area contributed by atoms with Crippen LogP contribution in [-0.4, -0.2) is 6.04 Å². The van der Waals surface area contributed by atoms with E-state index in [0.717, 1.165) is 0 Å². The van der Waals surface area contributed by atoms with E-state index in [4.69, 9.17) is 0 Å². The summed E-state index contributed by atoms with van der Waals surface area (Å²) in [5.41, 5.74) is 2.69. The van der Waals surface area contributed by atoms with Crippen molar-refractivity contribution >= 4 is 5.69 Å². The van der Waals surface area contributed by atoms with Gasteiger partial charge in [-0.25, -0.2) is 0 Å². The number of anilines is 1. The quantitative estimate of drug-likeness (QED) is 0.743. The van der Waals surface area contributed by atoms with Crippen LogP contribution in [0.15, 0.2) is 24.3 Å². The van der Waals surface area contributed by atoms with E-state index in [9.17, 15) is 0 Å². The molecule has 1 nitrogen and oxygen atoms in total. The Morgan fingerprint density at radius 3 is 2.12 bits per heavy atom. The Balaban J connectivity index is 2.60. The molecule has 1 N–H and O–H groups in total. The van der Waals surface area contributed by atoms with Crippen LogP contribution in [0.4, 0.5) is 5.69 Å². The van der Waals surface area contributed by atoms with E-state index in [1.807, 2.05) is 0 Å². The third-order valence-electron chi connectivity index (χ3n) is 3.09. The third-order valence-corrected chi connectivity index (χ3v) is 3.09. The molecule has 0 bridgehead atoms. The fraction of sp³-hybridized carbons (Fsp3) is 0.600. The van der Waals surface area contributed by atoms with Gasteiger partial charge in [-0.15, -0.1) is 0 Å². The highest BCUT2D eigenvalue weighted by Gasteiger charge is 2.09. The van der Waals surface area contributed by atoms with Crippen molar-refractivity contribution in [2.24, 2.45) is 5.92 Å². The molecule has 0 heterocycles. The van der Waals surface area contributed by atoms with Gasteiger partial charge in [-0.05, 0) is 36.5 Å². The van der Waals surface area contributed by atoms with Crippen molar-refractivity contribution in [2.45, 2.75) is 53.0 Å². The topological polar surface area (TPSA) is 12.0 Å². The molecule has 0 amide bonds. The predicted octanol–water partition coefficient (Wildman–Crippen LogP) is 4.49. The maximum Gasteiger partial charge on any atom is 0.0342 e. The van der Waals surface area contributed by atoms with Crippen LogP contribution in [-0.2, 0) is 6.42 Å². The first-order valence-electron chi connectivity index (χ1n) is 6.52. The summed E-state index contributed by atoms with van der Waals surface area (Å²) in [5, 5.41) is 3.60. The minimum atomic E-state index is 0.581. The summed E-state index contributed by atoms with van der Waals surface area (Å²) < 4.78 is 0. The summed E-state index contributed by atoms with van der Waals surface area (Å²) in [6.45, 7) is 9.00. The Kier molecular flexibility index (Phi) is 5.37. The monoisotopic (exact) mass is 219 g/mol. The number of aryl methyl sites for hydroxylation is 1. The zero-order valence-electron chi connectivity index (χ0n) is 11.1. The second kappa shape index (κ2) is 6.57. The van der Waals surface area contributed by atoms with E-state index in [1.165, 1.54) is 30.5 Å². The van der Waals surface area contributed by atoms with Crippen molar-refractivity contribution in [3.05, 3.63) is 29.8 Å². The van der Waals surface area contributed by atoms with Crippen molar-refractivity contribution < 1.29 is 0 Å². The second-order valence-corrected chi connectivity index (χ2v) is 4.85. The minimum absolute atomic E-state index is 0.581. The van der Waals surface area contributed by atoms with Crippen molar-refractivity contribution in [3.63, 3.8) is 0 Å². The minimum Gasteiger partial charge on any atom is -0.382 e. The SMILES string of the molecule is CCCc1ccc(NC(CC)C(C)C)cc1. The summed E-state index contributed by atoms with van der Waals surface area (Å²) in [6.07, 6.45) is 3.58. The molecule has 1 heteroatoms. The van der Waals surface area contributed by atoms with Gasteiger partial charge < -0.3 is 5.32 Å². The van der Waals surface area contributed by atoms with Crippen LogP contribution in [0.2, 0.25) is 0 Å². The van der Waals surface area contributed by atoms with Gasteiger partial charge in [-0.2, -0.15) is 0 Å². The zero-order valence-corrected chi connectivity index (χ0v) is 11.1. The summed E-state index contributed by atoms with van der Waals surface area (Å²) >= 11 is 0. The standard InChI is InChI=1S/C15H25N/c1-5-7-13-8-10-14(11-9-13)16-15(6-2)12(3)4/h8-12,15-16H,5-7H2,1-4H3. The molecule has 0 aliphatic heterocycles. The first-order chi connectivity index (χ1) is 7.67. The lowest BCUT2D eigenvalue weighted by molar-refractivity contribution is 0.511.